The third-order valence-corrected chi connectivity index (χ3v) is 5.60. The molecule has 0 saturated heterocycles. The molecule has 0 atom stereocenters. The Balaban J connectivity index is 2.22. The Morgan fingerprint density at radius 3 is 2.32 bits per heavy atom. The zero-order valence-corrected chi connectivity index (χ0v) is 17.0. The average Bonchev–Trinajstić information content (AvgIpc) is 2.67. The van der Waals surface area contributed by atoms with E-state index < -0.39 is 22.0 Å². The topological polar surface area (TPSA) is 105 Å². The number of carbonyl (C=O) groups excluding carboxylic acids is 2. The van der Waals surface area contributed by atoms with Crippen LogP contribution in [0.5, 0.6) is 0 Å². The number of benzene rings is 2. The first kappa shape index (κ1) is 21.4. The van der Waals surface area contributed by atoms with E-state index in [-0.39, 0.29) is 17.0 Å². The first-order valence-corrected chi connectivity index (χ1v) is 10.0. The number of nitrogens with zero attached hydrogens (tertiary/aromatic N) is 1. The van der Waals surface area contributed by atoms with E-state index in [1.807, 2.05) is 0 Å². The summed E-state index contributed by atoms with van der Waals surface area (Å²) in [5, 5.41) is 2.73. The molecule has 0 heterocycles. The van der Waals surface area contributed by atoms with Crippen LogP contribution in [-0.2, 0) is 14.8 Å². The Kier molecular flexibility index (Phi) is 6.76. The lowest BCUT2D eigenvalue weighted by atomic mass is 10.1. The van der Waals surface area contributed by atoms with E-state index in [0.717, 1.165) is 0 Å². The molecule has 0 aliphatic carbocycles. The van der Waals surface area contributed by atoms with Crippen molar-refractivity contribution in [1.82, 2.24) is 4.72 Å². The third-order valence-electron chi connectivity index (χ3n) is 4.06. The van der Waals surface area contributed by atoms with Gasteiger partial charge in [0.15, 0.2) is 0 Å². The van der Waals surface area contributed by atoms with E-state index in [1.54, 1.807) is 51.2 Å². The second-order valence-corrected chi connectivity index (χ2v) is 7.78. The maximum absolute atomic E-state index is 12.6. The molecule has 150 valence electrons. The van der Waals surface area contributed by atoms with Crippen molar-refractivity contribution in [2.75, 3.05) is 30.9 Å². The second kappa shape index (κ2) is 8.85. The summed E-state index contributed by atoms with van der Waals surface area (Å²) in [4.78, 5) is 25.5. The molecule has 0 bridgehead atoms. The van der Waals surface area contributed by atoms with Crippen LogP contribution in [0.2, 0.25) is 0 Å². The highest BCUT2D eigenvalue weighted by Gasteiger charge is 2.17. The standard InChI is InChI=1S/C19H23N3O5S/c1-5-20-28(25,26)16-11-6-13(2)17(12-16)18(23)21-14-7-9-15(10-8-14)22(3)19(24)27-4/h6-12,20H,5H2,1-4H3,(H,21,23). The summed E-state index contributed by atoms with van der Waals surface area (Å²) < 4.78 is 31.4. The van der Waals surface area contributed by atoms with Gasteiger partial charge in [-0.2, -0.15) is 0 Å². The number of amides is 2. The zero-order valence-electron chi connectivity index (χ0n) is 16.1. The van der Waals surface area contributed by atoms with Gasteiger partial charge in [0.2, 0.25) is 10.0 Å². The van der Waals surface area contributed by atoms with Crippen molar-refractivity contribution in [2.24, 2.45) is 0 Å². The first-order valence-electron chi connectivity index (χ1n) is 8.53. The van der Waals surface area contributed by atoms with E-state index in [9.17, 15) is 18.0 Å². The summed E-state index contributed by atoms with van der Waals surface area (Å²) >= 11 is 0. The average molecular weight is 405 g/mol. The lowest BCUT2D eigenvalue weighted by Crippen LogP contribution is -2.25. The number of hydrogen-bond acceptors (Lipinski definition) is 5. The van der Waals surface area contributed by atoms with E-state index in [4.69, 9.17) is 0 Å². The smallest absolute Gasteiger partial charge is 0.413 e. The Morgan fingerprint density at radius 2 is 1.75 bits per heavy atom. The van der Waals surface area contributed by atoms with Crippen molar-refractivity contribution in [3.8, 4) is 0 Å². The maximum Gasteiger partial charge on any atom is 0.413 e. The minimum atomic E-state index is -3.66. The molecule has 0 saturated carbocycles. The fourth-order valence-corrected chi connectivity index (χ4v) is 3.56. The number of hydrogen-bond donors (Lipinski definition) is 2. The second-order valence-electron chi connectivity index (χ2n) is 6.01. The number of carbonyl (C=O) groups is 2. The predicted molar refractivity (Wildman–Crippen MR) is 107 cm³/mol. The van der Waals surface area contributed by atoms with Gasteiger partial charge >= 0.3 is 6.09 Å². The van der Waals surface area contributed by atoms with Crippen LogP contribution in [0, 0.1) is 6.92 Å². The summed E-state index contributed by atoms with van der Waals surface area (Å²) in [5.74, 6) is -0.430. The monoisotopic (exact) mass is 405 g/mol. The van der Waals surface area contributed by atoms with Gasteiger partial charge in [-0.15, -0.1) is 0 Å². The van der Waals surface area contributed by atoms with Gasteiger partial charge in [-0.05, 0) is 48.9 Å². The molecule has 2 aromatic rings. The molecule has 2 amide bonds. The highest BCUT2D eigenvalue weighted by molar-refractivity contribution is 7.89. The summed E-state index contributed by atoms with van der Waals surface area (Å²) in [6.45, 7) is 3.66. The molecule has 0 unspecified atom stereocenters. The van der Waals surface area contributed by atoms with Gasteiger partial charge in [-0.25, -0.2) is 17.9 Å². The van der Waals surface area contributed by atoms with Gasteiger partial charge in [0.1, 0.15) is 0 Å². The van der Waals surface area contributed by atoms with Crippen LogP contribution in [0.4, 0.5) is 16.2 Å². The normalized spacial score (nSPS) is 11.0. The largest absolute Gasteiger partial charge is 0.452 e. The summed E-state index contributed by atoms with van der Waals surface area (Å²) in [6.07, 6.45) is -0.508. The van der Waals surface area contributed by atoms with E-state index >= 15 is 0 Å². The molecule has 8 nitrogen and oxygen atoms in total. The Bertz CT molecular complexity index is 972. The van der Waals surface area contributed by atoms with Crippen LogP contribution in [0.3, 0.4) is 0 Å². The molecule has 0 aliphatic heterocycles. The molecular formula is C19H23N3O5S. The summed E-state index contributed by atoms with van der Waals surface area (Å²) in [7, 11) is -0.801. The SMILES string of the molecule is CCNS(=O)(=O)c1ccc(C)c(C(=O)Nc2ccc(N(C)C(=O)OC)cc2)c1. The number of sulfonamides is 1. The van der Waals surface area contributed by atoms with Crippen LogP contribution < -0.4 is 14.9 Å². The lowest BCUT2D eigenvalue weighted by Gasteiger charge is -2.16. The molecule has 0 spiro atoms. The molecule has 28 heavy (non-hydrogen) atoms. The van der Waals surface area contributed by atoms with Crippen LogP contribution in [0.1, 0.15) is 22.8 Å². The Morgan fingerprint density at radius 1 is 1.11 bits per heavy atom. The molecule has 0 fully saturated rings. The quantitative estimate of drug-likeness (QED) is 0.769. The molecular weight excluding hydrogens is 382 g/mol. The fourth-order valence-electron chi connectivity index (χ4n) is 2.50. The fraction of sp³-hybridized carbons (Fsp3) is 0.263. The highest BCUT2D eigenvalue weighted by atomic mass is 32.2. The number of nitrogens with one attached hydrogen (secondary N) is 2. The number of anilines is 2. The van der Waals surface area contributed by atoms with Gasteiger partial charge in [0.05, 0.1) is 12.0 Å². The van der Waals surface area contributed by atoms with Crippen LogP contribution in [0.15, 0.2) is 47.4 Å². The number of methoxy groups -OCH3 is 1. The molecule has 0 radical (unpaired) electrons. The van der Waals surface area contributed by atoms with Gasteiger partial charge in [0, 0.05) is 30.5 Å². The number of aryl methyl sites for hydroxylation is 1. The van der Waals surface area contributed by atoms with Crippen molar-refractivity contribution in [2.45, 2.75) is 18.7 Å². The van der Waals surface area contributed by atoms with E-state index in [1.165, 1.54) is 24.1 Å². The molecule has 2 rings (SSSR count). The molecule has 0 aliphatic rings. The van der Waals surface area contributed by atoms with E-state index in [0.29, 0.717) is 16.9 Å². The summed E-state index contributed by atoms with van der Waals surface area (Å²) in [6, 6.07) is 11.0. The zero-order chi connectivity index (χ0) is 20.9. The van der Waals surface area contributed by atoms with Crippen molar-refractivity contribution >= 4 is 33.4 Å². The molecule has 2 N–H and O–H groups in total. The lowest BCUT2D eigenvalue weighted by molar-refractivity contribution is 0.102. The Hall–Kier alpha value is -2.91. The number of rotatable bonds is 6. The predicted octanol–water partition coefficient (Wildman–Crippen LogP) is 2.75. The van der Waals surface area contributed by atoms with E-state index in [2.05, 4.69) is 14.8 Å². The van der Waals surface area contributed by atoms with Gasteiger partial charge in [0.25, 0.3) is 5.91 Å². The molecule has 0 aromatic heterocycles. The first-order chi connectivity index (χ1) is 13.2. The van der Waals surface area contributed by atoms with Crippen molar-refractivity contribution in [3.05, 3.63) is 53.6 Å². The van der Waals surface area contributed by atoms with Gasteiger partial charge in [-0.3, -0.25) is 9.69 Å². The minimum absolute atomic E-state index is 0.0279. The van der Waals surface area contributed by atoms with Gasteiger partial charge < -0.3 is 10.1 Å². The minimum Gasteiger partial charge on any atom is -0.452 e. The summed E-state index contributed by atoms with van der Waals surface area (Å²) in [5.41, 5.74) is 2.01. The molecule has 9 heteroatoms. The Labute approximate surface area is 164 Å². The van der Waals surface area contributed by atoms with Crippen LogP contribution in [-0.4, -0.2) is 41.1 Å². The van der Waals surface area contributed by atoms with Crippen molar-refractivity contribution < 1.29 is 22.7 Å². The van der Waals surface area contributed by atoms with Crippen LogP contribution >= 0.6 is 0 Å². The highest BCUT2D eigenvalue weighted by Crippen LogP contribution is 2.20. The maximum atomic E-state index is 12.6. The van der Waals surface area contributed by atoms with Gasteiger partial charge in [-0.1, -0.05) is 13.0 Å². The molecule has 2 aromatic carbocycles. The van der Waals surface area contributed by atoms with Crippen molar-refractivity contribution in [1.29, 1.82) is 0 Å². The number of ether oxygens (including phenoxy) is 1. The van der Waals surface area contributed by atoms with Crippen molar-refractivity contribution in [3.63, 3.8) is 0 Å². The third kappa shape index (κ3) is 4.87. The van der Waals surface area contributed by atoms with Crippen LogP contribution in [0.25, 0.3) is 0 Å².